The monoisotopic (exact) mass is 283 g/mol. The van der Waals surface area contributed by atoms with E-state index < -0.39 is 5.97 Å². The van der Waals surface area contributed by atoms with Crippen molar-refractivity contribution >= 4 is 11.9 Å². The van der Waals surface area contributed by atoms with Crippen LogP contribution in [0.2, 0.25) is 0 Å². The Morgan fingerprint density at radius 2 is 1.76 bits per heavy atom. The fourth-order valence-corrected chi connectivity index (χ4v) is 2.13. The fraction of sp³-hybridized carbons (Fsp3) is 0.176. The molecule has 0 aliphatic rings. The number of amides is 1. The molecule has 0 radical (unpaired) electrons. The molecule has 0 heterocycles. The maximum atomic E-state index is 12.2. The molecule has 2 rings (SSSR count). The van der Waals surface area contributed by atoms with Gasteiger partial charge in [0.05, 0.1) is 7.11 Å². The maximum Gasteiger partial charge on any atom is 0.325 e. The van der Waals surface area contributed by atoms with E-state index in [1.807, 2.05) is 49.4 Å². The quantitative estimate of drug-likeness (QED) is 0.877. The van der Waals surface area contributed by atoms with Crippen molar-refractivity contribution in [3.63, 3.8) is 0 Å². The zero-order chi connectivity index (χ0) is 15.2. The highest BCUT2D eigenvalue weighted by Gasteiger charge is 2.13. The van der Waals surface area contributed by atoms with Crippen LogP contribution in [-0.2, 0) is 9.53 Å². The first-order valence-corrected chi connectivity index (χ1v) is 6.63. The van der Waals surface area contributed by atoms with Crippen molar-refractivity contribution < 1.29 is 14.3 Å². The lowest BCUT2D eigenvalue weighted by Gasteiger charge is -2.11. The summed E-state index contributed by atoms with van der Waals surface area (Å²) in [5, 5.41) is 2.56. The number of benzene rings is 2. The molecule has 0 aliphatic carbocycles. The summed E-state index contributed by atoms with van der Waals surface area (Å²) in [5.74, 6) is -0.754. The predicted octanol–water partition coefficient (Wildman–Crippen LogP) is 2.56. The number of hydrogen-bond donors (Lipinski definition) is 1. The van der Waals surface area contributed by atoms with E-state index in [-0.39, 0.29) is 12.5 Å². The molecular weight excluding hydrogens is 266 g/mol. The second-order valence-electron chi connectivity index (χ2n) is 4.60. The van der Waals surface area contributed by atoms with Crippen LogP contribution in [-0.4, -0.2) is 25.5 Å². The third kappa shape index (κ3) is 3.48. The van der Waals surface area contributed by atoms with Crippen molar-refractivity contribution in [3.05, 3.63) is 59.7 Å². The van der Waals surface area contributed by atoms with Crippen LogP contribution in [0.25, 0.3) is 11.1 Å². The van der Waals surface area contributed by atoms with Gasteiger partial charge in [0.2, 0.25) is 0 Å². The normalized spacial score (nSPS) is 10.0. The third-order valence-electron chi connectivity index (χ3n) is 3.28. The van der Waals surface area contributed by atoms with Crippen molar-refractivity contribution in [3.8, 4) is 11.1 Å². The van der Waals surface area contributed by atoms with E-state index in [0.29, 0.717) is 5.56 Å². The molecule has 2 aromatic rings. The van der Waals surface area contributed by atoms with Crippen molar-refractivity contribution in [2.24, 2.45) is 0 Å². The van der Waals surface area contributed by atoms with Gasteiger partial charge in [0.1, 0.15) is 6.54 Å². The smallest absolute Gasteiger partial charge is 0.325 e. The molecule has 1 N–H and O–H groups in total. The Balaban J connectivity index is 2.26. The lowest BCUT2D eigenvalue weighted by atomic mass is 9.96. The highest BCUT2D eigenvalue weighted by molar-refractivity contribution is 5.98. The molecule has 0 spiro atoms. The van der Waals surface area contributed by atoms with Crippen molar-refractivity contribution in [1.29, 1.82) is 0 Å². The van der Waals surface area contributed by atoms with E-state index in [1.165, 1.54) is 7.11 Å². The van der Waals surface area contributed by atoms with Crippen LogP contribution in [0.5, 0.6) is 0 Å². The number of ether oxygens (including phenoxy) is 1. The van der Waals surface area contributed by atoms with Gasteiger partial charge in [-0.25, -0.2) is 0 Å². The summed E-state index contributed by atoms with van der Waals surface area (Å²) in [5.41, 5.74) is 3.49. The molecule has 0 saturated carbocycles. The van der Waals surface area contributed by atoms with Crippen LogP contribution in [0.15, 0.2) is 48.5 Å². The van der Waals surface area contributed by atoms with Gasteiger partial charge in [-0.15, -0.1) is 0 Å². The average Bonchev–Trinajstić information content (AvgIpc) is 2.53. The number of methoxy groups -OCH3 is 1. The molecule has 21 heavy (non-hydrogen) atoms. The minimum atomic E-state index is -0.472. The number of nitrogens with one attached hydrogen (secondary N) is 1. The topological polar surface area (TPSA) is 55.4 Å². The Labute approximate surface area is 123 Å². The average molecular weight is 283 g/mol. The molecule has 4 nitrogen and oxygen atoms in total. The predicted molar refractivity (Wildman–Crippen MR) is 81.0 cm³/mol. The maximum absolute atomic E-state index is 12.2. The Hall–Kier alpha value is -2.62. The molecule has 0 unspecified atom stereocenters. The summed E-state index contributed by atoms with van der Waals surface area (Å²) in [6.07, 6.45) is 0. The molecule has 0 atom stereocenters. The van der Waals surface area contributed by atoms with Crippen LogP contribution in [0, 0.1) is 6.92 Å². The van der Waals surface area contributed by atoms with Gasteiger partial charge in [-0.1, -0.05) is 42.5 Å². The van der Waals surface area contributed by atoms with E-state index >= 15 is 0 Å². The van der Waals surface area contributed by atoms with Gasteiger partial charge in [0, 0.05) is 5.56 Å². The summed E-state index contributed by atoms with van der Waals surface area (Å²) >= 11 is 0. The lowest BCUT2D eigenvalue weighted by Crippen LogP contribution is -2.30. The van der Waals surface area contributed by atoms with Crippen LogP contribution < -0.4 is 5.32 Å². The van der Waals surface area contributed by atoms with E-state index in [0.717, 1.165) is 16.7 Å². The molecule has 0 fully saturated rings. The molecule has 0 aromatic heterocycles. The van der Waals surface area contributed by atoms with Gasteiger partial charge < -0.3 is 10.1 Å². The van der Waals surface area contributed by atoms with Gasteiger partial charge in [0.25, 0.3) is 5.91 Å². The minimum absolute atomic E-state index is 0.135. The summed E-state index contributed by atoms with van der Waals surface area (Å²) in [6.45, 7) is 1.76. The molecule has 1 amide bonds. The van der Waals surface area contributed by atoms with Gasteiger partial charge in [0.15, 0.2) is 0 Å². The largest absolute Gasteiger partial charge is 0.468 e. The van der Waals surface area contributed by atoms with Crippen molar-refractivity contribution in [2.45, 2.75) is 6.92 Å². The Kier molecular flexibility index (Phi) is 4.72. The summed E-state index contributed by atoms with van der Waals surface area (Å²) < 4.78 is 4.51. The Morgan fingerprint density at radius 3 is 2.43 bits per heavy atom. The van der Waals surface area contributed by atoms with Gasteiger partial charge in [-0.05, 0) is 29.7 Å². The molecule has 108 valence electrons. The molecule has 0 saturated heterocycles. The molecule has 0 bridgehead atoms. The van der Waals surface area contributed by atoms with E-state index in [4.69, 9.17) is 0 Å². The van der Waals surface area contributed by atoms with Gasteiger partial charge >= 0.3 is 5.97 Å². The first-order valence-electron chi connectivity index (χ1n) is 6.63. The SMILES string of the molecule is COC(=O)CNC(=O)c1cccc(-c2ccccc2)c1C. The highest BCUT2D eigenvalue weighted by atomic mass is 16.5. The highest BCUT2D eigenvalue weighted by Crippen LogP contribution is 2.25. The number of hydrogen-bond acceptors (Lipinski definition) is 3. The van der Waals surface area contributed by atoms with Crippen molar-refractivity contribution in [2.75, 3.05) is 13.7 Å². The first-order chi connectivity index (χ1) is 10.1. The third-order valence-corrected chi connectivity index (χ3v) is 3.28. The van der Waals surface area contributed by atoms with Gasteiger partial charge in [-0.3, -0.25) is 9.59 Å². The van der Waals surface area contributed by atoms with Crippen LogP contribution in [0.3, 0.4) is 0 Å². The van der Waals surface area contributed by atoms with Gasteiger partial charge in [-0.2, -0.15) is 0 Å². The number of rotatable bonds is 4. The summed E-state index contributed by atoms with van der Waals surface area (Å²) in [7, 11) is 1.29. The fourth-order valence-electron chi connectivity index (χ4n) is 2.13. The number of carbonyl (C=O) groups is 2. The Bertz CT molecular complexity index is 650. The minimum Gasteiger partial charge on any atom is -0.468 e. The number of esters is 1. The zero-order valence-electron chi connectivity index (χ0n) is 12.1. The summed E-state index contributed by atoms with van der Waals surface area (Å²) in [6, 6.07) is 15.4. The van der Waals surface area contributed by atoms with Crippen LogP contribution in [0.4, 0.5) is 0 Å². The number of carbonyl (C=O) groups excluding carboxylic acids is 2. The summed E-state index contributed by atoms with van der Waals surface area (Å²) in [4.78, 5) is 23.2. The van der Waals surface area contributed by atoms with E-state index in [2.05, 4.69) is 10.1 Å². The second kappa shape index (κ2) is 6.70. The van der Waals surface area contributed by atoms with E-state index in [9.17, 15) is 9.59 Å². The second-order valence-corrected chi connectivity index (χ2v) is 4.60. The first kappa shape index (κ1) is 14.8. The molecule has 2 aromatic carbocycles. The lowest BCUT2D eigenvalue weighted by molar-refractivity contribution is -0.139. The standard InChI is InChI=1S/C17H17NO3/c1-12-14(13-7-4-3-5-8-13)9-6-10-15(12)17(20)18-11-16(19)21-2/h3-10H,11H2,1-2H3,(H,18,20). The van der Waals surface area contributed by atoms with E-state index in [1.54, 1.807) is 6.07 Å². The van der Waals surface area contributed by atoms with Crippen LogP contribution in [0.1, 0.15) is 15.9 Å². The van der Waals surface area contributed by atoms with Crippen LogP contribution >= 0.6 is 0 Å². The zero-order valence-corrected chi connectivity index (χ0v) is 12.1. The molecule has 0 aliphatic heterocycles. The van der Waals surface area contributed by atoms with Crippen molar-refractivity contribution in [1.82, 2.24) is 5.32 Å². The molecule has 4 heteroatoms. The Morgan fingerprint density at radius 1 is 1.05 bits per heavy atom. The molecular formula is C17H17NO3.